The number of ether oxygens (including phenoxy) is 1. The van der Waals surface area contributed by atoms with E-state index in [2.05, 4.69) is 11.9 Å². The first-order valence-corrected chi connectivity index (χ1v) is 7.97. The van der Waals surface area contributed by atoms with Gasteiger partial charge in [0.05, 0.1) is 23.4 Å². The quantitative estimate of drug-likeness (QED) is 0.740. The molecule has 0 spiro atoms. The molecule has 4 heteroatoms. The van der Waals surface area contributed by atoms with Gasteiger partial charge in [-0.15, -0.1) is 0 Å². The number of aromatic nitrogens is 1. The molecule has 0 fully saturated rings. The van der Waals surface area contributed by atoms with Crippen LogP contribution in [0.2, 0.25) is 0 Å². The highest BCUT2D eigenvalue weighted by atomic mass is 16.5. The summed E-state index contributed by atoms with van der Waals surface area (Å²) in [5.74, 6) is -0.145. The summed E-state index contributed by atoms with van der Waals surface area (Å²) in [4.78, 5) is 16.3. The van der Waals surface area contributed by atoms with Crippen molar-refractivity contribution in [3.63, 3.8) is 0 Å². The molecule has 122 valence electrons. The van der Waals surface area contributed by atoms with Crippen molar-refractivity contribution in [2.75, 3.05) is 6.61 Å². The van der Waals surface area contributed by atoms with Crippen LogP contribution in [0.15, 0.2) is 48.5 Å². The van der Waals surface area contributed by atoms with E-state index in [0.29, 0.717) is 17.7 Å². The summed E-state index contributed by atoms with van der Waals surface area (Å²) >= 11 is 0. The summed E-state index contributed by atoms with van der Waals surface area (Å²) < 4.78 is 5.58. The molecule has 1 N–H and O–H groups in total. The van der Waals surface area contributed by atoms with Crippen molar-refractivity contribution >= 4 is 16.9 Å². The molecule has 24 heavy (non-hydrogen) atoms. The fraction of sp³-hybridized carbons (Fsp3) is 0.200. The predicted molar refractivity (Wildman–Crippen MR) is 94.7 cm³/mol. The van der Waals surface area contributed by atoms with Gasteiger partial charge in [-0.05, 0) is 49.2 Å². The third-order valence-corrected chi connectivity index (χ3v) is 3.89. The molecule has 0 aliphatic rings. The van der Waals surface area contributed by atoms with Crippen molar-refractivity contribution in [1.82, 2.24) is 4.98 Å². The number of carboxylic acid groups (broad SMARTS) is 1. The van der Waals surface area contributed by atoms with Gasteiger partial charge in [0.2, 0.25) is 0 Å². The second kappa shape index (κ2) is 6.71. The van der Waals surface area contributed by atoms with Crippen molar-refractivity contribution in [2.24, 2.45) is 0 Å². The third kappa shape index (κ3) is 3.08. The zero-order valence-corrected chi connectivity index (χ0v) is 13.7. The summed E-state index contributed by atoms with van der Waals surface area (Å²) in [6.45, 7) is 4.67. The molecule has 0 saturated heterocycles. The van der Waals surface area contributed by atoms with Crippen LogP contribution in [0.25, 0.3) is 22.2 Å². The maximum absolute atomic E-state index is 11.6. The van der Waals surface area contributed by atoms with E-state index in [1.165, 1.54) is 0 Å². The van der Waals surface area contributed by atoms with Crippen LogP contribution >= 0.6 is 0 Å². The number of nitrogens with zero attached hydrogens (tertiary/aromatic N) is 1. The predicted octanol–water partition coefficient (Wildman–Crippen LogP) is 4.70. The molecule has 0 atom stereocenters. The highest BCUT2D eigenvalue weighted by Crippen LogP contribution is 2.28. The second-order valence-corrected chi connectivity index (χ2v) is 5.70. The highest BCUT2D eigenvalue weighted by Gasteiger charge is 2.14. The number of carbonyl (C=O) groups is 1. The Morgan fingerprint density at radius 2 is 1.92 bits per heavy atom. The number of aryl methyl sites for hydroxylation is 1. The Labute approximate surface area is 140 Å². The minimum atomic E-state index is -0.947. The fourth-order valence-corrected chi connectivity index (χ4v) is 2.66. The Bertz CT molecular complexity index is 885. The number of fused-ring (bicyclic) bond motifs is 1. The molecule has 2 aromatic carbocycles. The van der Waals surface area contributed by atoms with Gasteiger partial charge in [0.15, 0.2) is 0 Å². The van der Waals surface area contributed by atoms with Crippen molar-refractivity contribution in [1.29, 1.82) is 0 Å². The van der Waals surface area contributed by atoms with Gasteiger partial charge in [-0.2, -0.15) is 0 Å². The van der Waals surface area contributed by atoms with E-state index in [4.69, 9.17) is 4.74 Å². The van der Waals surface area contributed by atoms with Crippen LogP contribution in [0.1, 0.15) is 29.3 Å². The van der Waals surface area contributed by atoms with Crippen LogP contribution in [0.5, 0.6) is 5.75 Å². The van der Waals surface area contributed by atoms with Gasteiger partial charge >= 0.3 is 5.97 Å². The van der Waals surface area contributed by atoms with Crippen LogP contribution in [0, 0.1) is 6.92 Å². The van der Waals surface area contributed by atoms with Gasteiger partial charge in [-0.1, -0.05) is 25.1 Å². The molecule has 4 nitrogen and oxygen atoms in total. The lowest BCUT2D eigenvalue weighted by Gasteiger charge is -2.10. The Balaban J connectivity index is 2.09. The Morgan fingerprint density at radius 1 is 1.17 bits per heavy atom. The Hall–Kier alpha value is -2.88. The fourth-order valence-electron chi connectivity index (χ4n) is 2.66. The normalized spacial score (nSPS) is 10.8. The van der Waals surface area contributed by atoms with Gasteiger partial charge in [0.25, 0.3) is 0 Å². The summed E-state index contributed by atoms with van der Waals surface area (Å²) in [6, 6.07) is 14.8. The SMILES string of the molecule is CCCOc1ccc(-c2cc(C(=O)O)c3cccc(C)c3n2)cc1. The molecule has 0 saturated carbocycles. The van der Waals surface area contributed by atoms with E-state index >= 15 is 0 Å². The van der Waals surface area contributed by atoms with Crippen molar-refractivity contribution in [3.05, 3.63) is 59.7 Å². The van der Waals surface area contributed by atoms with Gasteiger partial charge in [0, 0.05) is 10.9 Å². The third-order valence-electron chi connectivity index (χ3n) is 3.89. The lowest BCUT2D eigenvalue weighted by Crippen LogP contribution is -2.01. The summed E-state index contributed by atoms with van der Waals surface area (Å²) in [5.41, 5.74) is 3.46. The van der Waals surface area contributed by atoms with Crippen LogP contribution in [0.3, 0.4) is 0 Å². The monoisotopic (exact) mass is 321 g/mol. The number of benzene rings is 2. The maximum atomic E-state index is 11.6. The molecule has 0 unspecified atom stereocenters. The molecule has 0 bridgehead atoms. The van der Waals surface area contributed by atoms with Crippen LogP contribution in [-0.2, 0) is 0 Å². The largest absolute Gasteiger partial charge is 0.494 e. The van der Waals surface area contributed by atoms with E-state index < -0.39 is 5.97 Å². The van der Waals surface area contributed by atoms with Crippen molar-refractivity contribution in [3.8, 4) is 17.0 Å². The molecule has 1 aromatic heterocycles. The Kier molecular flexibility index (Phi) is 4.47. The Morgan fingerprint density at radius 3 is 2.58 bits per heavy atom. The molecule has 3 aromatic rings. The van der Waals surface area contributed by atoms with E-state index in [9.17, 15) is 9.90 Å². The lowest BCUT2D eigenvalue weighted by molar-refractivity contribution is 0.0699. The van der Waals surface area contributed by atoms with Crippen molar-refractivity contribution < 1.29 is 14.6 Å². The van der Waals surface area contributed by atoms with E-state index in [1.54, 1.807) is 12.1 Å². The highest BCUT2D eigenvalue weighted by molar-refractivity contribution is 6.04. The van der Waals surface area contributed by atoms with Gasteiger partial charge in [-0.25, -0.2) is 9.78 Å². The van der Waals surface area contributed by atoms with E-state index in [1.807, 2.05) is 43.3 Å². The first-order chi connectivity index (χ1) is 11.6. The standard InChI is InChI=1S/C20H19NO3/c1-3-11-24-15-9-7-14(8-10-15)18-12-17(20(22)23)16-6-4-5-13(2)19(16)21-18/h4-10,12H,3,11H2,1-2H3,(H,22,23). The van der Waals surface area contributed by atoms with Crippen LogP contribution in [0.4, 0.5) is 0 Å². The average molecular weight is 321 g/mol. The molecular formula is C20H19NO3. The molecule has 1 heterocycles. The number of rotatable bonds is 5. The number of hydrogen-bond donors (Lipinski definition) is 1. The number of aromatic carboxylic acids is 1. The zero-order valence-electron chi connectivity index (χ0n) is 13.7. The first-order valence-electron chi connectivity index (χ1n) is 7.97. The zero-order chi connectivity index (χ0) is 17.1. The minimum Gasteiger partial charge on any atom is -0.494 e. The van der Waals surface area contributed by atoms with Crippen molar-refractivity contribution in [2.45, 2.75) is 20.3 Å². The molecule has 0 aliphatic carbocycles. The summed E-state index contributed by atoms with van der Waals surface area (Å²) in [7, 11) is 0. The number of para-hydroxylation sites is 1. The van der Waals surface area contributed by atoms with Crippen LogP contribution < -0.4 is 4.74 Å². The number of pyridine rings is 1. The summed E-state index contributed by atoms with van der Waals surface area (Å²) in [6.07, 6.45) is 0.954. The minimum absolute atomic E-state index is 0.269. The van der Waals surface area contributed by atoms with Gasteiger partial charge < -0.3 is 9.84 Å². The van der Waals surface area contributed by atoms with Gasteiger partial charge in [-0.3, -0.25) is 0 Å². The average Bonchev–Trinajstić information content (AvgIpc) is 2.60. The maximum Gasteiger partial charge on any atom is 0.336 e. The molecule has 0 amide bonds. The van der Waals surface area contributed by atoms with Gasteiger partial charge in [0.1, 0.15) is 5.75 Å². The van der Waals surface area contributed by atoms with E-state index in [0.717, 1.165) is 28.8 Å². The lowest BCUT2D eigenvalue weighted by atomic mass is 10.0. The van der Waals surface area contributed by atoms with Crippen LogP contribution in [-0.4, -0.2) is 22.7 Å². The second-order valence-electron chi connectivity index (χ2n) is 5.70. The first kappa shape index (κ1) is 16.0. The smallest absolute Gasteiger partial charge is 0.336 e. The summed E-state index contributed by atoms with van der Waals surface area (Å²) in [5, 5.41) is 10.2. The number of carboxylic acids is 1. The van der Waals surface area contributed by atoms with E-state index in [-0.39, 0.29) is 5.56 Å². The molecule has 0 aliphatic heterocycles. The number of hydrogen-bond acceptors (Lipinski definition) is 3. The molecule has 3 rings (SSSR count). The molecule has 0 radical (unpaired) electrons. The topological polar surface area (TPSA) is 59.4 Å². The molecular weight excluding hydrogens is 302 g/mol.